The Bertz CT molecular complexity index is 524. The summed E-state index contributed by atoms with van der Waals surface area (Å²) in [6, 6.07) is 5.23. The summed E-state index contributed by atoms with van der Waals surface area (Å²) in [5, 5.41) is 4.08. The Morgan fingerprint density at radius 2 is 2.22 bits per heavy atom. The van der Waals surface area contributed by atoms with Crippen molar-refractivity contribution in [1.29, 1.82) is 0 Å². The van der Waals surface area contributed by atoms with Gasteiger partial charge in [-0.05, 0) is 25.1 Å². The normalized spacial score (nSPS) is 11.3. The molecule has 1 aromatic carbocycles. The Kier molecular flexibility index (Phi) is 4.69. The zero-order chi connectivity index (χ0) is 13.0. The number of hydrogen-bond acceptors (Lipinski definition) is 3. The van der Waals surface area contributed by atoms with Crippen molar-refractivity contribution in [3.63, 3.8) is 0 Å². The monoisotopic (exact) mass is 267 g/mol. The van der Waals surface area contributed by atoms with Crippen LogP contribution in [0.2, 0.25) is 0 Å². The van der Waals surface area contributed by atoms with Gasteiger partial charge in [0.15, 0.2) is 0 Å². The first-order valence-corrected chi connectivity index (χ1v) is 6.98. The average Bonchev–Trinajstić information content (AvgIpc) is 2.70. The van der Waals surface area contributed by atoms with Gasteiger partial charge in [0.05, 0.1) is 6.61 Å². The van der Waals surface area contributed by atoms with E-state index in [4.69, 9.17) is 4.74 Å². The van der Waals surface area contributed by atoms with Gasteiger partial charge in [-0.1, -0.05) is 13.0 Å². The highest BCUT2D eigenvalue weighted by molar-refractivity contribution is 7.19. The molecular weight excluding hydrogens is 249 g/mol. The van der Waals surface area contributed by atoms with E-state index in [1.165, 1.54) is 10.9 Å². The van der Waals surface area contributed by atoms with Crippen LogP contribution in [-0.4, -0.2) is 13.7 Å². The van der Waals surface area contributed by atoms with Gasteiger partial charge in [-0.25, -0.2) is 4.39 Å². The Balaban J connectivity index is 2.38. The lowest BCUT2D eigenvalue weighted by atomic mass is 10.1. The molecule has 0 atom stereocenters. The molecule has 0 radical (unpaired) electrons. The summed E-state index contributed by atoms with van der Waals surface area (Å²) in [7, 11) is 1.65. The zero-order valence-corrected chi connectivity index (χ0v) is 11.6. The third kappa shape index (κ3) is 2.71. The van der Waals surface area contributed by atoms with Crippen LogP contribution in [0.15, 0.2) is 18.2 Å². The van der Waals surface area contributed by atoms with Crippen molar-refractivity contribution < 1.29 is 9.13 Å². The third-order valence-electron chi connectivity index (χ3n) is 2.85. The molecule has 0 spiro atoms. The van der Waals surface area contributed by atoms with Gasteiger partial charge in [-0.2, -0.15) is 0 Å². The summed E-state index contributed by atoms with van der Waals surface area (Å²) in [5.74, 6) is -0.155. The lowest BCUT2D eigenvalue weighted by Gasteiger charge is -2.05. The first kappa shape index (κ1) is 13.5. The van der Waals surface area contributed by atoms with E-state index >= 15 is 0 Å². The van der Waals surface area contributed by atoms with Crippen LogP contribution < -0.4 is 5.32 Å². The van der Waals surface area contributed by atoms with Gasteiger partial charge >= 0.3 is 0 Å². The molecule has 1 N–H and O–H groups in total. The number of methoxy groups -OCH3 is 1. The van der Waals surface area contributed by atoms with Crippen LogP contribution in [0.5, 0.6) is 0 Å². The maximum Gasteiger partial charge on any atom is 0.132 e. The van der Waals surface area contributed by atoms with Crippen molar-refractivity contribution >= 4 is 21.4 Å². The molecule has 1 heterocycles. The molecule has 0 amide bonds. The first-order valence-electron chi connectivity index (χ1n) is 6.16. The van der Waals surface area contributed by atoms with Gasteiger partial charge in [-0.3, -0.25) is 0 Å². The molecule has 0 aliphatic rings. The van der Waals surface area contributed by atoms with E-state index in [9.17, 15) is 4.39 Å². The van der Waals surface area contributed by atoms with E-state index in [-0.39, 0.29) is 5.82 Å². The predicted molar refractivity (Wildman–Crippen MR) is 74.5 cm³/mol. The Morgan fingerprint density at radius 3 is 2.94 bits per heavy atom. The average molecular weight is 267 g/mol. The van der Waals surface area contributed by atoms with Crippen LogP contribution in [0.3, 0.4) is 0 Å². The van der Waals surface area contributed by atoms with Crippen LogP contribution in [0.25, 0.3) is 10.1 Å². The Hall–Kier alpha value is -0.970. The maximum absolute atomic E-state index is 13.9. The third-order valence-corrected chi connectivity index (χ3v) is 4.05. The molecule has 0 aliphatic carbocycles. The van der Waals surface area contributed by atoms with E-state index in [0.29, 0.717) is 6.61 Å². The zero-order valence-electron chi connectivity index (χ0n) is 10.8. The summed E-state index contributed by atoms with van der Waals surface area (Å²) in [6.45, 7) is 4.35. The molecule has 0 saturated heterocycles. The van der Waals surface area contributed by atoms with Gasteiger partial charge in [0.1, 0.15) is 5.82 Å². The summed E-state index contributed by atoms with van der Waals surface area (Å²) in [4.78, 5) is 1.17. The van der Waals surface area contributed by atoms with Crippen molar-refractivity contribution in [1.82, 2.24) is 5.32 Å². The number of nitrogens with one attached hydrogen (secondary N) is 1. The molecule has 0 aliphatic heterocycles. The number of halogens is 1. The SMILES string of the molecule is CCCNCc1sc2cccc(F)c2c1COC. The quantitative estimate of drug-likeness (QED) is 0.806. The van der Waals surface area contributed by atoms with E-state index in [1.54, 1.807) is 24.5 Å². The molecule has 2 nitrogen and oxygen atoms in total. The number of rotatable bonds is 6. The molecule has 2 rings (SSSR count). The molecule has 4 heteroatoms. The number of benzene rings is 1. The van der Waals surface area contributed by atoms with Crippen molar-refractivity contribution in [2.45, 2.75) is 26.5 Å². The molecule has 18 heavy (non-hydrogen) atoms. The van der Waals surface area contributed by atoms with Crippen LogP contribution in [0.1, 0.15) is 23.8 Å². The van der Waals surface area contributed by atoms with Gasteiger partial charge in [0.25, 0.3) is 0 Å². The fraction of sp³-hybridized carbons (Fsp3) is 0.429. The van der Waals surface area contributed by atoms with E-state index in [1.807, 2.05) is 6.07 Å². The number of fused-ring (bicyclic) bond motifs is 1. The van der Waals surface area contributed by atoms with Crippen LogP contribution >= 0.6 is 11.3 Å². The minimum atomic E-state index is -0.155. The summed E-state index contributed by atoms with van der Waals surface area (Å²) in [5.41, 5.74) is 0.985. The van der Waals surface area contributed by atoms with Crippen LogP contribution in [-0.2, 0) is 17.9 Å². The van der Waals surface area contributed by atoms with Gasteiger partial charge in [0.2, 0.25) is 0 Å². The molecule has 98 valence electrons. The fourth-order valence-corrected chi connectivity index (χ4v) is 3.23. The largest absolute Gasteiger partial charge is 0.380 e. The maximum atomic E-state index is 13.9. The first-order chi connectivity index (χ1) is 8.77. The van der Waals surface area contributed by atoms with E-state index in [2.05, 4.69) is 12.2 Å². The highest BCUT2D eigenvalue weighted by Gasteiger charge is 2.14. The van der Waals surface area contributed by atoms with Crippen molar-refractivity contribution in [3.8, 4) is 0 Å². The Morgan fingerprint density at radius 1 is 1.39 bits per heavy atom. The number of thiophene rings is 1. The molecule has 0 fully saturated rings. The van der Waals surface area contributed by atoms with Crippen molar-refractivity contribution in [2.24, 2.45) is 0 Å². The van der Waals surface area contributed by atoms with Crippen molar-refractivity contribution in [2.75, 3.05) is 13.7 Å². The highest BCUT2D eigenvalue weighted by Crippen LogP contribution is 2.33. The standard InChI is InChI=1S/C14H18FNOS/c1-3-7-16-8-13-10(9-17-2)14-11(15)5-4-6-12(14)18-13/h4-6,16H,3,7-9H2,1-2H3. The lowest BCUT2D eigenvalue weighted by Crippen LogP contribution is -2.14. The minimum Gasteiger partial charge on any atom is -0.380 e. The summed E-state index contributed by atoms with van der Waals surface area (Å²) in [6.07, 6.45) is 1.10. The van der Waals surface area contributed by atoms with Gasteiger partial charge in [-0.15, -0.1) is 11.3 Å². The summed E-state index contributed by atoms with van der Waals surface area (Å²) < 4.78 is 20.1. The molecule has 0 saturated carbocycles. The van der Waals surface area contributed by atoms with Crippen LogP contribution in [0.4, 0.5) is 4.39 Å². The molecule has 0 bridgehead atoms. The van der Waals surface area contributed by atoms with Gasteiger partial charge in [0, 0.05) is 34.2 Å². The topological polar surface area (TPSA) is 21.3 Å². The van der Waals surface area contributed by atoms with Crippen molar-refractivity contribution in [3.05, 3.63) is 34.5 Å². The lowest BCUT2D eigenvalue weighted by molar-refractivity contribution is 0.185. The van der Waals surface area contributed by atoms with Crippen LogP contribution in [0, 0.1) is 5.82 Å². The minimum absolute atomic E-state index is 0.155. The second kappa shape index (κ2) is 6.27. The van der Waals surface area contributed by atoms with E-state index < -0.39 is 0 Å². The molecule has 2 aromatic rings. The molecular formula is C14H18FNOS. The molecule has 1 aromatic heterocycles. The highest BCUT2D eigenvalue weighted by atomic mass is 32.1. The van der Waals surface area contributed by atoms with E-state index in [0.717, 1.165) is 35.2 Å². The number of ether oxygens (including phenoxy) is 1. The molecule has 0 unspecified atom stereocenters. The number of hydrogen-bond donors (Lipinski definition) is 1. The Labute approximate surface area is 111 Å². The fourth-order valence-electron chi connectivity index (χ4n) is 2.03. The predicted octanol–water partition coefficient (Wildman–Crippen LogP) is 3.69. The second-order valence-corrected chi connectivity index (χ2v) is 5.36. The smallest absolute Gasteiger partial charge is 0.132 e. The van der Waals surface area contributed by atoms with Gasteiger partial charge < -0.3 is 10.1 Å². The summed E-state index contributed by atoms with van der Waals surface area (Å²) >= 11 is 1.65. The second-order valence-electron chi connectivity index (χ2n) is 4.23.